The molecule has 3 aromatic rings. The van der Waals surface area contributed by atoms with Gasteiger partial charge in [0.2, 0.25) is 0 Å². The third-order valence-corrected chi connectivity index (χ3v) is 5.28. The normalized spacial score (nSPS) is 11.4. The molecule has 156 valence electrons. The molecule has 2 aromatic carbocycles. The Morgan fingerprint density at radius 3 is 2.53 bits per heavy atom. The minimum Gasteiger partial charge on any atom is -0.497 e. The molecule has 30 heavy (non-hydrogen) atoms. The van der Waals surface area contributed by atoms with Crippen LogP contribution >= 0.6 is 11.3 Å². The van der Waals surface area contributed by atoms with Gasteiger partial charge in [0.25, 0.3) is 11.6 Å². The van der Waals surface area contributed by atoms with Crippen molar-refractivity contribution in [3.8, 4) is 11.5 Å². The zero-order chi connectivity index (χ0) is 21.8. The predicted molar refractivity (Wildman–Crippen MR) is 108 cm³/mol. The Labute approximate surface area is 174 Å². The Bertz CT molecular complexity index is 1210. The fraction of sp³-hybridized carbons (Fsp3) is 0.211. The lowest BCUT2D eigenvalue weighted by Gasteiger charge is -2.07. The van der Waals surface area contributed by atoms with Crippen molar-refractivity contribution in [2.24, 2.45) is 4.99 Å². The topological polar surface area (TPSA) is 122 Å². The first-order chi connectivity index (χ1) is 14.4. The van der Waals surface area contributed by atoms with Crippen molar-refractivity contribution in [2.75, 3.05) is 21.3 Å². The van der Waals surface area contributed by atoms with Crippen LogP contribution < -0.4 is 14.3 Å². The average molecular weight is 431 g/mol. The molecule has 0 saturated heterocycles. The third-order valence-electron chi connectivity index (χ3n) is 4.23. The minimum atomic E-state index is -0.620. The van der Waals surface area contributed by atoms with E-state index in [0.717, 1.165) is 11.3 Å². The number of ether oxygens (including phenoxy) is 3. The summed E-state index contributed by atoms with van der Waals surface area (Å²) in [6, 6.07) is 8.93. The second-order valence-electron chi connectivity index (χ2n) is 5.94. The molecule has 0 atom stereocenters. The van der Waals surface area contributed by atoms with Crippen molar-refractivity contribution in [1.82, 2.24) is 4.57 Å². The highest BCUT2D eigenvalue weighted by Gasteiger charge is 2.17. The molecule has 3 rings (SSSR count). The molecule has 0 aliphatic carbocycles. The van der Waals surface area contributed by atoms with E-state index in [2.05, 4.69) is 4.99 Å². The molecule has 0 spiro atoms. The molecule has 0 aliphatic heterocycles. The van der Waals surface area contributed by atoms with Crippen molar-refractivity contribution in [1.29, 1.82) is 0 Å². The molecule has 1 amide bonds. The molecule has 0 radical (unpaired) electrons. The van der Waals surface area contributed by atoms with Gasteiger partial charge in [0, 0.05) is 12.1 Å². The quantitative estimate of drug-likeness (QED) is 0.334. The van der Waals surface area contributed by atoms with Gasteiger partial charge in [0.15, 0.2) is 4.80 Å². The summed E-state index contributed by atoms with van der Waals surface area (Å²) in [6.45, 7) is -0.265. The number of nitro benzene ring substituents is 1. The van der Waals surface area contributed by atoms with Gasteiger partial charge in [0.05, 0.1) is 42.0 Å². The lowest BCUT2D eigenvalue weighted by atomic mass is 10.2. The molecule has 0 saturated carbocycles. The molecular weight excluding hydrogens is 414 g/mol. The minimum absolute atomic E-state index is 0.147. The number of hydrogen-bond donors (Lipinski definition) is 0. The zero-order valence-electron chi connectivity index (χ0n) is 16.3. The number of nitro groups is 1. The Morgan fingerprint density at radius 1 is 1.13 bits per heavy atom. The summed E-state index contributed by atoms with van der Waals surface area (Å²) in [6.07, 6.45) is 0. The summed E-state index contributed by atoms with van der Waals surface area (Å²) >= 11 is 1.12. The number of amides is 1. The van der Waals surface area contributed by atoms with E-state index >= 15 is 0 Å². The number of aromatic nitrogens is 1. The van der Waals surface area contributed by atoms with Crippen LogP contribution in [0.25, 0.3) is 10.2 Å². The highest BCUT2D eigenvalue weighted by atomic mass is 32.1. The van der Waals surface area contributed by atoms with Crippen molar-refractivity contribution >= 4 is 39.1 Å². The first kappa shape index (κ1) is 21.0. The van der Waals surface area contributed by atoms with Crippen molar-refractivity contribution < 1.29 is 28.7 Å². The average Bonchev–Trinajstić information content (AvgIpc) is 3.08. The lowest BCUT2D eigenvalue weighted by Crippen LogP contribution is -2.22. The van der Waals surface area contributed by atoms with Gasteiger partial charge in [-0.05, 0) is 24.3 Å². The Kier molecular flexibility index (Phi) is 6.11. The number of benzene rings is 2. The second kappa shape index (κ2) is 8.74. The number of hydrogen-bond acceptors (Lipinski definition) is 8. The van der Waals surface area contributed by atoms with E-state index in [4.69, 9.17) is 14.2 Å². The van der Waals surface area contributed by atoms with E-state index in [1.165, 1.54) is 44.1 Å². The highest BCUT2D eigenvalue weighted by Crippen LogP contribution is 2.26. The third kappa shape index (κ3) is 4.15. The number of fused-ring (bicyclic) bond motifs is 1. The maximum atomic E-state index is 12.9. The predicted octanol–water partition coefficient (Wildman–Crippen LogP) is 2.54. The first-order valence-electron chi connectivity index (χ1n) is 8.53. The van der Waals surface area contributed by atoms with E-state index < -0.39 is 16.8 Å². The van der Waals surface area contributed by atoms with Gasteiger partial charge in [0.1, 0.15) is 18.0 Å². The Morgan fingerprint density at radius 2 is 1.90 bits per heavy atom. The van der Waals surface area contributed by atoms with Crippen LogP contribution in [-0.4, -0.2) is 42.7 Å². The molecule has 0 fully saturated rings. The van der Waals surface area contributed by atoms with Gasteiger partial charge in [-0.3, -0.25) is 19.7 Å². The second-order valence-corrected chi connectivity index (χ2v) is 6.95. The van der Waals surface area contributed by atoms with Gasteiger partial charge >= 0.3 is 5.97 Å². The SMILES string of the molecule is COC(=O)Cn1c(=NC(=O)c2cc(OC)ccc2OC)sc2ccc([N+](=O)[O-])cc21. The van der Waals surface area contributed by atoms with E-state index in [0.29, 0.717) is 21.7 Å². The fourth-order valence-corrected chi connectivity index (χ4v) is 3.74. The monoisotopic (exact) mass is 431 g/mol. The summed E-state index contributed by atoms with van der Waals surface area (Å²) in [5, 5.41) is 11.1. The summed E-state index contributed by atoms with van der Waals surface area (Å²) in [5.74, 6) is -0.455. The number of methoxy groups -OCH3 is 3. The molecule has 11 heteroatoms. The van der Waals surface area contributed by atoms with Gasteiger partial charge in [-0.1, -0.05) is 11.3 Å². The summed E-state index contributed by atoms with van der Waals surface area (Å²) in [7, 11) is 4.12. The van der Waals surface area contributed by atoms with Crippen LogP contribution in [0.15, 0.2) is 41.4 Å². The Hall–Kier alpha value is -3.73. The lowest BCUT2D eigenvalue weighted by molar-refractivity contribution is -0.384. The molecular formula is C19H17N3O7S. The van der Waals surface area contributed by atoms with E-state index in [9.17, 15) is 19.7 Å². The largest absolute Gasteiger partial charge is 0.497 e. The maximum Gasteiger partial charge on any atom is 0.325 e. The molecule has 0 unspecified atom stereocenters. The standard InChI is InChI=1S/C19H17N3O7S/c1-27-12-5-6-15(28-2)13(9-12)18(24)20-19-21(10-17(23)29-3)14-8-11(22(25)26)4-7-16(14)30-19/h4-9H,10H2,1-3H3. The van der Waals surface area contributed by atoms with Crippen LogP contribution in [0.1, 0.15) is 10.4 Å². The summed E-state index contributed by atoms with van der Waals surface area (Å²) in [4.78, 5) is 39.7. The molecule has 0 bridgehead atoms. The van der Waals surface area contributed by atoms with Crippen molar-refractivity contribution in [3.05, 3.63) is 56.9 Å². The number of carbonyl (C=O) groups excluding carboxylic acids is 2. The number of non-ortho nitro benzene ring substituents is 1. The van der Waals surface area contributed by atoms with Crippen LogP contribution in [0.3, 0.4) is 0 Å². The molecule has 0 N–H and O–H groups in total. The van der Waals surface area contributed by atoms with Gasteiger partial charge in [-0.25, -0.2) is 0 Å². The highest BCUT2D eigenvalue weighted by molar-refractivity contribution is 7.16. The van der Waals surface area contributed by atoms with Crippen molar-refractivity contribution in [2.45, 2.75) is 6.54 Å². The molecule has 1 heterocycles. The number of thiazole rings is 1. The molecule has 0 aliphatic rings. The summed E-state index contributed by atoms with van der Waals surface area (Å²) in [5.41, 5.74) is 0.417. The number of carbonyl (C=O) groups is 2. The van der Waals surface area contributed by atoms with Crippen molar-refractivity contribution in [3.63, 3.8) is 0 Å². The van der Waals surface area contributed by atoms with Crippen LogP contribution in [0.5, 0.6) is 11.5 Å². The van der Waals surface area contributed by atoms with Gasteiger partial charge in [-0.15, -0.1) is 0 Å². The zero-order valence-corrected chi connectivity index (χ0v) is 17.1. The maximum absolute atomic E-state index is 12.9. The van der Waals surface area contributed by atoms with Crippen LogP contribution in [-0.2, 0) is 16.1 Å². The van der Waals surface area contributed by atoms with E-state index in [1.54, 1.807) is 18.2 Å². The number of nitrogens with zero attached hydrogens (tertiary/aromatic N) is 3. The number of esters is 1. The smallest absolute Gasteiger partial charge is 0.325 e. The molecule has 10 nitrogen and oxygen atoms in total. The Balaban J connectivity index is 2.20. The van der Waals surface area contributed by atoms with Gasteiger partial charge in [-0.2, -0.15) is 4.99 Å². The molecule has 1 aromatic heterocycles. The van der Waals surface area contributed by atoms with Crippen LogP contribution in [0.4, 0.5) is 5.69 Å². The first-order valence-corrected chi connectivity index (χ1v) is 9.35. The fourth-order valence-electron chi connectivity index (χ4n) is 2.73. The summed E-state index contributed by atoms with van der Waals surface area (Å²) < 4.78 is 17.1. The van der Waals surface area contributed by atoms with Crippen LogP contribution in [0.2, 0.25) is 0 Å². The van der Waals surface area contributed by atoms with Gasteiger partial charge < -0.3 is 18.8 Å². The number of rotatable bonds is 6. The van der Waals surface area contributed by atoms with E-state index in [-0.39, 0.29) is 22.6 Å². The van der Waals surface area contributed by atoms with Crippen LogP contribution in [0, 0.1) is 10.1 Å². The van der Waals surface area contributed by atoms with E-state index in [1.807, 2.05) is 0 Å².